The number of amides is 1. The van der Waals surface area contributed by atoms with Crippen molar-refractivity contribution in [1.82, 2.24) is 14.1 Å². The van der Waals surface area contributed by atoms with E-state index in [0.717, 1.165) is 24.1 Å². The Balaban J connectivity index is 1.44. The number of ketones is 1. The summed E-state index contributed by atoms with van der Waals surface area (Å²) < 4.78 is 38.9. The van der Waals surface area contributed by atoms with Crippen LogP contribution in [0.15, 0.2) is 63.5 Å². The number of hydrogen-bond acceptors (Lipinski definition) is 8. The van der Waals surface area contributed by atoms with Crippen LogP contribution in [0.2, 0.25) is 0 Å². The smallest absolute Gasteiger partial charge is 0.295 e. The molecule has 0 bridgehead atoms. The van der Waals surface area contributed by atoms with Gasteiger partial charge in [-0.1, -0.05) is 28.1 Å². The molecule has 1 N–H and O–H groups in total. The fraction of sp³-hybridized carbons (Fsp3) is 0.429. The van der Waals surface area contributed by atoms with E-state index in [1.54, 1.807) is 0 Å². The van der Waals surface area contributed by atoms with Crippen molar-refractivity contribution in [2.24, 2.45) is 0 Å². The Bertz CT molecular complexity index is 1370. The van der Waals surface area contributed by atoms with E-state index < -0.39 is 27.8 Å². The van der Waals surface area contributed by atoms with Gasteiger partial charge in [-0.3, -0.25) is 14.5 Å². The van der Waals surface area contributed by atoms with Crippen molar-refractivity contribution >= 4 is 43.4 Å². The van der Waals surface area contributed by atoms with Crippen LogP contribution >= 0.6 is 15.9 Å². The molecule has 12 heteroatoms. The van der Waals surface area contributed by atoms with Gasteiger partial charge in [-0.2, -0.15) is 4.31 Å². The van der Waals surface area contributed by atoms with Crippen LogP contribution < -0.4 is 0 Å². The first-order chi connectivity index (χ1) is 19.3. The first kappa shape index (κ1) is 28.9. The summed E-state index contributed by atoms with van der Waals surface area (Å²) in [6, 6.07) is 12.3. The fourth-order valence-corrected chi connectivity index (χ4v) is 6.94. The summed E-state index contributed by atoms with van der Waals surface area (Å²) in [5.74, 6) is -1.76. The zero-order valence-corrected chi connectivity index (χ0v) is 24.4. The molecule has 0 aromatic heterocycles. The van der Waals surface area contributed by atoms with E-state index in [9.17, 15) is 23.1 Å². The van der Waals surface area contributed by atoms with Crippen LogP contribution in [-0.4, -0.2) is 105 Å². The molecule has 2 aromatic rings. The zero-order chi connectivity index (χ0) is 28.3. The van der Waals surface area contributed by atoms with E-state index in [2.05, 4.69) is 20.8 Å². The maximum Gasteiger partial charge on any atom is 0.295 e. The largest absolute Gasteiger partial charge is 0.507 e. The van der Waals surface area contributed by atoms with Crippen molar-refractivity contribution in [2.45, 2.75) is 17.4 Å². The van der Waals surface area contributed by atoms with E-state index in [0.29, 0.717) is 45.0 Å². The third-order valence-electron chi connectivity index (χ3n) is 7.44. The number of nitrogens with zero attached hydrogens (tertiary/aromatic N) is 3. The van der Waals surface area contributed by atoms with Crippen molar-refractivity contribution < 1.29 is 32.6 Å². The molecule has 5 rings (SSSR count). The molecule has 1 atom stereocenters. The van der Waals surface area contributed by atoms with Crippen molar-refractivity contribution in [3.05, 3.63) is 69.7 Å². The second kappa shape index (κ2) is 12.5. The summed E-state index contributed by atoms with van der Waals surface area (Å²) in [7, 11) is -3.72. The van der Waals surface area contributed by atoms with Gasteiger partial charge >= 0.3 is 0 Å². The lowest BCUT2D eigenvalue weighted by Crippen LogP contribution is -2.40. The number of carbonyl (C=O) groups is 2. The van der Waals surface area contributed by atoms with Gasteiger partial charge in [0.1, 0.15) is 5.76 Å². The van der Waals surface area contributed by atoms with Crippen LogP contribution in [0.25, 0.3) is 5.76 Å². The number of morpholine rings is 2. The van der Waals surface area contributed by atoms with Crippen LogP contribution in [0.1, 0.15) is 23.6 Å². The third-order valence-corrected chi connectivity index (χ3v) is 9.88. The van der Waals surface area contributed by atoms with Crippen molar-refractivity contribution in [1.29, 1.82) is 0 Å². The number of halogens is 1. The predicted molar refractivity (Wildman–Crippen MR) is 151 cm³/mol. The Kier molecular flexibility index (Phi) is 9.03. The van der Waals surface area contributed by atoms with Crippen LogP contribution in [0.4, 0.5) is 0 Å². The Morgan fingerprint density at radius 1 is 0.875 bits per heavy atom. The summed E-state index contributed by atoms with van der Waals surface area (Å²) in [4.78, 5) is 30.4. The molecule has 40 heavy (non-hydrogen) atoms. The van der Waals surface area contributed by atoms with E-state index in [1.807, 2.05) is 24.3 Å². The van der Waals surface area contributed by atoms with Gasteiger partial charge in [0.25, 0.3) is 11.7 Å². The first-order valence-electron chi connectivity index (χ1n) is 13.3. The molecule has 10 nitrogen and oxygen atoms in total. The summed E-state index contributed by atoms with van der Waals surface area (Å²) in [5.41, 5.74) is 0.943. The number of rotatable bonds is 8. The molecule has 0 aliphatic carbocycles. The molecular weight excluding hydrogens is 602 g/mol. The number of ether oxygens (including phenoxy) is 2. The van der Waals surface area contributed by atoms with Crippen molar-refractivity contribution in [2.75, 3.05) is 65.7 Å². The lowest BCUT2D eigenvalue weighted by molar-refractivity contribution is -0.140. The number of Topliss-reactive ketones (excluding diaryl/α,β-unsaturated/α-hetero) is 1. The van der Waals surface area contributed by atoms with Crippen LogP contribution in [0.3, 0.4) is 0 Å². The molecule has 3 aliphatic heterocycles. The maximum atomic E-state index is 13.3. The fourth-order valence-electron chi connectivity index (χ4n) is 5.27. The lowest BCUT2D eigenvalue weighted by Gasteiger charge is -2.29. The maximum absolute atomic E-state index is 13.3. The molecular formula is C28H32BrN3O7S. The summed E-state index contributed by atoms with van der Waals surface area (Å²) in [5, 5.41) is 11.4. The molecule has 3 fully saturated rings. The minimum absolute atomic E-state index is 0.0116. The molecule has 0 saturated carbocycles. The van der Waals surface area contributed by atoms with Crippen molar-refractivity contribution in [3.8, 4) is 0 Å². The summed E-state index contributed by atoms with van der Waals surface area (Å²) >= 11 is 3.43. The average Bonchev–Trinajstić information content (AvgIpc) is 3.23. The minimum atomic E-state index is -3.72. The number of hydrogen-bond donors (Lipinski definition) is 1. The molecule has 1 amide bonds. The number of likely N-dealkylation sites (tertiary alicyclic amines) is 1. The number of sulfonamides is 1. The lowest BCUT2D eigenvalue weighted by atomic mass is 9.95. The van der Waals surface area contributed by atoms with Gasteiger partial charge < -0.3 is 19.5 Å². The number of benzene rings is 2. The molecule has 2 aromatic carbocycles. The molecule has 0 spiro atoms. The van der Waals surface area contributed by atoms with E-state index >= 15 is 0 Å². The van der Waals surface area contributed by atoms with Crippen LogP contribution in [-0.2, 0) is 29.1 Å². The normalized spacial score (nSPS) is 22.6. The monoisotopic (exact) mass is 633 g/mol. The number of aliphatic hydroxyl groups excluding tert-OH is 1. The van der Waals surface area contributed by atoms with Crippen LogP contribution in [0.5, 0.6) is 0 Å². The second-order valence-electron chi connectivity index (χ2n) is 9.89. The Morgan fingerprint density at radius 2 is 1.48 bits per heavy atom. The SMILES string of the molecule is O=C1C(=O)N(CCCN2CCOCC2)C(c2ccc(Br)cc2)C1=C(O)c1ccc(S(=O)(=O)N2CCOCC2)cc1. The highest BCUT2D eigenvalue weighted by molar-refractivity contribution is 9.10. The van der Waals surface area contributed by atoms with E-state index in [4.69, 9.17) is 9.47 Å². The standard InChI is InChI=1S/C28H32BrN3O7S/c29-22-6-2-20(3-7-22)25-24(27(34)28(35)32(25)11-1-10-30-12-16-38-17-13-30)26(33)21-4-8-23(9-5-21)40(36,37)31-14-18-39-19-15-31/h2-9,25,33H,1,10-19H2. The highest BCUT2D eigenvalue weighted by atomic mass is 79.9. The summed E-state index contributed by atoms with van der Waals surface area (Å²) in [6.07, 6.45) is 0.661. The number of aliphatic hydroxyl groups is 1. The van der Waals surface area contributed by atoms with Crippen molar-refractivity contribution in [3.63, 3.8) is 0 Å². The first-order valence-corrected chi connectivity index (χ1v) is 15.5. The molecule has 1 unspecified atom stereocenters. The second-order valence-corrected chi connectivity index (χ2v) is 12.7. The Hall–Kier alpha value is -2.61. The predicted octanol–water partition coefficient (Wildman–Crippen LogP) is 2.61. The van der Waals surface area contributed by atoms with Gasteiger partial charge in [0, 0.05) is 49.3 Å². The molecule has 3 aliphatic rings. The van der Waals surface area contributed by atoms with E-state index in [-0.39, 0.29) is 34.9 Å². The highest BCUT2D eigenvalue weighted by Gasteiger charge is 2.45. The Morgan fingerprint density at radius 3 is 2.10 bits per heavy atom. The molecule has 3 heterocycles. The highest BCUT2D eigenvalue weighted by Crippen LogP contribution is 2.40. The van der Waals surface area contributed by atoms with Gasteiger partial charge in [-0.15, -0.1) is 0 Å². The Labute approximate surface area is 242 Å². The summed E-state index contributed by atoms with van der Waals surface area (Å²) in [6.45, 7) is 5.32. The van der Waals surface area contributed by atoms with Gasteiger partial charge in [-0.25, -0.2) is 8.42 Å². The van der Waals surface area contributed by atoms with Gasteiger partial charge in [-0.05, 0) is 48.4 Å². The topological polar surface area (TPSA) is 117 Å². The van der Waals surface area contributed by atoms with E-state index in [1.165, 1.54) is 33.5 Å². The van der Waals surface area contributed by atoms with Gasteiger partial charge in [0.05, 0.1) is 42.9 Å². The minimum Gasteiger partial charge on any atom is -0.507 e. The number of carbonyl (C=O) groups excluding carboxylic acids is 2. The van der Waals surface area contributed by atoms with Gasteiger partial charge in [0.2, 0.25) is 10.0 Å². The quantitative estimate of drug-likeness (QED) is 0.268. The van der Waals surface area contributed by atoms with Crippen LogP contribution in [0, 0.1) is 0 Å². The zero-order valence-electron chi connectivity index (χ0n) is 22.0. The molecule has 3 saturated heterocycles. The molecule has 0 radical (unpaired) electrons. The third kappa shape index (κ3) is 6.02. The molecule has 214 valence electrons. The average molecular weight is 635 g/mol. The van der Waals surface area contributed by atoms with Gasteiger partial charge in [0.15, 0.2) is 0 Å².